The summed E-state index contributed by atoms with van der Waals surface area (Å²) in [6, 6.07) is 8.38. The van der Waals surface area contributed by atoms with Gasteiger partial charge in [0.05, 0.1) is 16.8 Å². The number of anilines is 1. The Morgan fingerprint density at radius 1 is 1.33 bits per heavy atom. The smallest absolute Gasteiger partial charge is 0.103 e. The highest BCUT2D eigenvalue weighted by Gasteiger charge is 2.10. The molecule has 2 aromatic rings. The third-order valence-electron chi connectivity index (χ3n) is 2.97. The molecule has 0 saturated carbocycles. The molecule has 0 aliphatic carbocycles. The van der Waals surface area contributed by atoms with Crippen molar-refractivity contribution in [2.45, 2.75) is 26.7 Å². The molecule has 0 aliphatic heterocycles. The Morgan fingerprint density at radius 3 is 2.83 bits per heavy atom. The van der Waals surface area contributed by atoms with Crippen molar-refractivity contribution in [3.63, 3.8) is 0 Å². The van der Waals surface area contributed by atoms with E-state index in [2.05, 4.69) is 29.4 Å². The van der Waals surface area contributed by atoms with Crippen LogP contribution in [0.1, 0.15) is 31.4 Å². The first-order chi connectivity index (χ1) is 8.81. The van der Waals surface area contributed by atoms with Crippen LogP contribution in [0.4, 0.5) is 5.69 Å². The summed E-state index contributed by atoms with van der Waals surface area (Å²) in [5.74, 6) is 0. The normalized spacial score (nSPS) is 10.3. The molecule has 1 aromatic heterocycles. The van der Waals surface area contributed by atoms with Crippen molar-refractivity contribution in [2.24, 2.45) is 0 Å². The van der Waals surface area contributed by atoms with Gasteiger partial charge in [-0.3, -0.25) is 4.98 Å². The molecule has 3 heteroatoms. The summed E-state index contributed by atoms with van der Waals surface area (Å²) in [5, 5.41) is 13.5. The summed E-state index contributed by atoms with van der Waals surface area (Å²) in [5.41, 5.74) is 3.77. The number of aromatic nitrogens is 1. The lowest BCUT2D eigenvalue weighted by Gasteiger charge is -2.11. The maximum Gasteiger partial charge on any atom is 0.103 e. The molecule has 0 aliphatic rings. The molecule has 1 aromatic carbocycles. The van der Waals surface area contributed by atoms with Crippen LogP contribution in [-0.4, -0.2) is 11.5 Å². The molecule has 0 unspecified atom stereocenters. The summed E-state index contributed by atoms with van der Waals surface area (Å²) in [7, 11) is 0. The standard InChI is InChI=1S/C15H17N3/c1-3-6-11-7-5-8-13-14(11)18-10-12(9-16)15(13)17-4-2/h5,7-8,10H,3-4,6H2,1-2H3,(H,17,18). The highest BCUT2D eigenvalue weighted by atomic mass is 14.9. The quantitative estimate of drug-likeness (QED) is 0.888. The maximum absolute atomic E-state index is 9.15. The summed E-state index contributed by atoms with van der Waals surface area (Å²) in [6.45, 7) is 4.99. The van der Waals surface area contributed by atoms with Crippen molar-refractivity contribution >= 4 is 16.6 Å². The maximum atomic E-state index is 9.15. The second-order valence-electron chi connectivity index (χ2n) is 4.25. The molecule has 3 nitrogen and oxygen atoms in total. The average molecular weight is 239 g/mol. The molecule has 1 N–H and O–H groups in total. The van der Waals surface area contributed by atoms with E-state index in [1.54, 1.807) is 6.20 Å². The fourth-order valence-electron chi connectivity index (χ4n) is 2.21. The molecule has 0 atom stereocenters. The van der Waals surface area contributed by atoms with E-state index in [1.807, 2.05) is 19.1 Å². The van der Waals surface area contributed by atoms with Gasteiger partial charge in [0.15, 0.2) is 0 Å². The number of hydrogen-bond donors (Lipinski definition) is 1. The number of nitrogens with one attached hydrogen (secondary N) is 1. The SMILES string of the molecule is CCCc1cccc2c(NCC)c(C#N)cnc12. The molecule has 92 valence electrons. The summed E-state index contributed by atoms with van der Waals surface area (Å²) in [6.07, 6.45) is 3.78. The molecular formula is C15H17N3. The second-order valence-corrected chi connectivity index (χ2v) is 4.25. The predicted octanol–water partition coefficient (Wildman–Crippen LogP) is 3.49. The van der Waals surface area contributed by atoms with Gasteiger partial charge in [-0.25, -0.2) is 0 Å². The highest BCUT2D eigenvalue weighted by molar-refractivity contribution is 5.95. The van der Waals surface area contributed by atoms with E-state index in [0.717, 1.165) is 36.0 Å². The van der Waals surface area contributed by atoms with Crippen molar-refractivity contribution in [3.8, 4) is 6.07 Å². The third-order valence-corrected chi connectivity index (χ3v) is 2.97. The predicted molar refractivity (Wildman–Crippen MR) is 74.6 cm³/mol. The number of hydrogen-bond acceptors (Lipinski definition) is 3. The molecule has 0 saturated heterocycles. The fraction of sp³-hybridized carbons (Fsp3) is 0.333. The molecule has 0 spiro atoms. The van der Waals surface area contributed by atoms with Gasteiger partial charge >= 0.3 is 0 Å². The Bertz CT molecular complexity index is 596. The first-order valence-corrected chi connectivity index (χ1v) is 6.36. The Kier molecular flexibility index (Phi) is 3.78. The largest absolute Gasteiger partial charge is 0.384 e. The van der Waals surface area contributed by atoms with Crippen LogP contribution in [0.2, 0.25) is 0 Å². The zero-order chi connectivity index (χ0) is 13.0. The van der Waals surface area contributed by atoms with Gasteiger partial charge in [-0.2, -0.15) is 5.26 Å². The zero-order valence-electron chi connectivity index (χ0n) is 10.8. The van der Waals surface area contributed by atoms with E-state index >= 15 is 0 Å². The minimum Gasteiger partial charge on any atom is -0.384 e. The van der Waals surface area contributed by atoms with Gasteiger partial charge in [-0.05, 0) is 18.9 Å². The van der Waals surface area contributed by atoms with Crippen LogP contribution in [0.3, 0.4) is 0 Å². The van der Waals surface area contributed by atoms with Crippen LogP contribution in [0, 0.1) is 11.3 Å². The molecule has 0 amide bonds. The number of nitrogens with zero attached hydrogens (tertiary/aromatic N) is 2. The van der Waals surface area contributed by atoms with Crippen LogP contribution in [0.25, 0.3) is 10.9 Å². The van der Waals surface area contributed by atoms with Crippen LogP contribution < -0.4 is 5.32 Å². The van der Waals surface area contributed by atoms with Gasteiger partial charge in [0.1, 0.15) is 6.07 Å². The summed E-state index contributed by atoms with van der Waals surface area (Å²) < 4.78 is 0. The van der Waals surface area contributed by atoms with Crippen molar-refractivity contribution in [1.29, 1.82) is 5.26 Å². The highest BCUT2D eigenvalue weighted by Crippen LogP contribution is 2.28. The van der Waals surface area contributed by atoms with Gasteiger partial charge in [0, 0.05) is 18.1 Å². The van der Waals surface area contributed by atoms with Gasteiger partial charge < -0.3 is 5.32 Å². The number of nitriles is 1. The van der Waals surface area contributed by atoms with Crippen LogP contribution >= 0.6 is 0 Å². The molecule has 0 fully saturated rings. The van der Waals surface area contributed by atoms with Crippen molar-refractivity contribution in [3.05, 3.63) is 35.5 Å². The van der Waals surface area contributed by atoms with E-state index in [9.17, 15) is 0 Å². The molecule has 0 radical (unpaired) electrons. The van der Waals surface area contributed by atoms with Crippen molar-refractivity contribution in [1.82, 2.24) is 4.98 Å². The lowest BCUT2D eigenvalue weighted by atomic mass is 10.0. The van der Waals surface area contributed by atoms with Crippen LogP contribution in [-0.2, 0) is 6.42 Å². The number of rotatable bonds is 4. The van der Waals surface area contributed by atoms with Crippen LogP contribution in [0.5, 0.6) is 0 Å². The van der Waals surface area contributed by atoms with Gasteiger partial charge in [0.25, 0.3) is 0 Å². The third kappa shape index (κ3) is 2.14. The fourth-order valence-corrected chi connectivity index (χ4v) is 2.21. The molecule has 1 heterocycles. The Morgan fingerprint density at radius 2 is 2.17 bits per heavy atom. The average Bonchev–Trinajstić information content (AvgIpc) is 2.40. The number of benzene rings is 1. The van der Waals surface area contributed by atoms with Gasteiger partial charge in [-0.15, -0.1) is 0 Å². The Balaban J connectivity index is 2.70. The summed E-state index contributed by atoms with van der Waals surface area (Å²) in [4.78, 5) is 4.45. The zero-order valence-corrected chi connectivity index (χ0v) is 10.8. The minimum atomic E-state index is 0.609. The minimum absolute atomic E-state index is 0.609. The van der Waals surface area contributed by atoms with Gasteiger partial charge in [-0.1, -0.05) is 31.5 Å². The lowest BCUT2D eigenvalue weighted by molar-refractivity contribution is 0.926. The number of fused-ring (bicyclic) bond motifs is 1. The number of pyridine rings is 1. The van der Waals surface area contributed by atoms with Crippen LogP contribution in [0.15, 0.2) is 24.4 Å². The van der Waals surface area contributed by atoms with E-state index in [1.165, 1.54) is 5.56 Å². The van der Waals surface area contributed by atoms with E-state index in [0.29, 0.717) is 5.56 Å². The van der Waals surface area contributed by atoms with E-state index in [4.69, 9.17) is 5.26 Å². The Hall–Kier alpha value is -2.08. The number of aryl methyl sites for hydroxylation is 1. The molecule has 0 bridgehead atoms. The first-order valence-electron chi connectivity index (χ1n) is 6.36. The first kappa shape index (κ1) is 12.4. The van der Waals surface area contributed by atoms with Crippen molar-refractivity contribution < 1.29 is 0 Å². The second kappa shape index (κ2) is 5.50. The molecule has 2 rings (SSSR count). The van der Waals surface area contributed by atoms with Crippen molar-refractivity contribution in [2.75, 3.05) is 11.9 Å². The lowest BCUT2D eigenvalue weighted by Crippen LogP contribution is -2.02. The summed E-state index contributed by atoms with van der Waals surface area (Å²) >= 11 is 0. The van der Waals surface area contributed by atoms with E-state index < -0.39 is 0 Å². The Labute approximate surface area is 107 Å². The monoisotopic (exact) mass is 239 g/mol. The number of para-hydroxylation sites is 1. The van der Waals surface area contributed by atoms with Gasteiger partial charge in [0.2, 0.25) is 0 Å². The topological polar surface area (TPSA) is 48.7 Å². The molecular weight excluding hydrogens is 222 g/mol. The molecule has 18 heavy (non-hydrogen) atoms. The van der Waals surface area contributed by atoms with E-state index in [-0.39, 0.29) is 0 Å².